The molecular weight excluding hydrogens is 212 g/mol. The molecule has 0 spiro atoms. The van der Waals surface area contributed by atoms with Gasteiger partial charge in [0.25, 0.3) is 0 Å². The summed E-state index contributed by atoms with van der Waals surface area (Å²) in [5.74, 6) is 0.893. The molecule has 0 aliphatic carbocycles. The van der Waals surface area contributed by atoms with Gasteiger partial charge in [-0.25, -0.2) is 0 Å². The van der Waals surface area contributed by atoms with Gasteiger partial charge < -0.3 is 9.30 Å². The molecular formula is C14H18N2O. The topological polar surface area (TPSA) is 26.2 Å². The summed E-state index contributed by atoms with van der Waals surface area (Å²) in [5.41, 5.74) is 1.14. The van der Waals surface area contributed by atoms with Gasteiger partial charge in [-0.15, -0.1) is 0 Å². The summed E-state index contributed by atoms with van der Waals surface area (Å²) in [6.45, 7) is 3.69. The Kier molecular flexibility index (Phi) is 4.22. The molecule has 0 radical (unpaired) electrons. The third kappa shape index (κ3) is 3.36. The lowest BCUT2D eigenvalue weighted by Crippen LogP contribution is -2.20. The van der Waals surface area contributed by atoms with Crippen molar-refractivity contribution in [2.45, 2.75) is 13.3 Å². The van der Waals surface area contributed by atoms with Crippen molar-refractivity contribution < 1.29 is 4.74 Å². The molecule has 0 atom stereocenters. The van der Waals surface area contributed by atoms with Crippen molar-refractivity contribution in [3.05, 3.63) is 48.8 Å². The summed E-state index contributed by atoms with van der Waals surface area (Å²) in [5, 5.41) is 3.20. The van der Waals surface area contributed by atoms with Gasteiger partial charge in [-0.1, -0.05) is 6.92 Å². The Morgan fingerprint density at radius 2 is 1.82 bits per heavy atom. The SMILES string of the molecule is CCCNCOc1ccc(-n2cccc2)cc1. The van der Waals surface area contributed by atoms with Gasteiger partial charge in [-0.05, 0) is 49.4 Å². The lowest BCUT2D eigenvalue weighted by molar-refractivity contribution is 0.284. The van der Waals surface area contributed by atoms with E-state index >= 15 is 0 Å². The molecule has 3 heteroatoms. The van der Waals surface area contributed by atoms with E-state index in [9.17, 15) is 0 Å². The van der Waals surface area contributed by atoms with Gasteiger partial charge in [-0.2, -0.15) is 0 Å². The number of nitrogens with one attached hydrogen (secondary N) is 1. The zero-order valence-electron chi connectivity index (χ0n) is 10.1. The average molecular weight is 230 g/mol. The first-order valence-electron chi connectivity index (χ1n) is 5.97. The van der Waals surface area contributed by atoms with E-state index in [1.807, 2.05) is 36.7 Å². The lowest BCUT2D eigenvalue weighted by Gasteiger charge is -2.08. The Labute approximate surface area is 102 Å². The minimum atomic E-state index is 0.566. The van der Waals surface area contributed by atoms with E-state index in [2.05, 4.69) is 28.9 Å². The van der Waals surface area contributed by atoms with Crippen molar-refractivity contribution >= 4 is 0 Å². The zero-order chi connectivity index (χ0) is 11.9. The highest BCUT2D eigenvalue weighted by molar-refractivity contribution is 5.37. The highest BCUT2D eigenvalue weighted by atomic mass is 16.5. The fraction of sp³-hybridized carbons (Fsp3) is 0.286. The third-order valence-corrected chi connectivity index (χ3v) is 2.51. The van der Waals surface area contributed by atoms with Crippen LogP contribution in [-0.4, -0.2) is 17.8 Å². The lowest BCUT2D eigenvalue weighted by atomic mass is 10.3. The molecule has 1 N–H and O–H groups in total. The largest absolute Gasteiger partial charge is 0.478 e. The maximum atomic E-state index is 5.56. The normalized spacial score (nSPS) is 10.4. The van der Waals surface area contributed by atoms with Crippen LogP contribution in [0.1, 0.15) is 13.3 Å². The predicted octanol–water partition coefficient (Wildman–Crippen LogP) is 2.81. The van der Waals surface area contributed by atoms with Crippen LogP contribution in [0.3, 0.4) is 0 Å². The van der Waals surface area contributed by atoms with Crippen LogP contribution in [0, 0.1) is 0 Å². The highest BCUT2D eigenvalue weighted by Crippen LogP contribution is 2.14. The van der Waals surface area contributed by atoms with E-state index in [4.69, 9.17) is 4.74 Å². The van der Waals surface area contributed by atoms with Gasteiger partial charge in [0.1, 0.15) is 12.5 Å². The van der Waals surface area contributed by atoms with Crippen molar-refractivity contribution in [1.29, 1.82) is 0 Å². The van der Waals surface area contributed by atoms with Gasteiger partial charge in [0.05, 0.1) is 0 Å². The van der Waals surface area contributed by atoms with Gasteiger partial charge >= 0.3 is 0 Å². The maximum Gasteiger partial charge on any atom is 0.139 e. The highest BCUT2D eigenvalue weighted by Gasteiger charge is 1.96. The van der Waals surface area contributed by atoms with E-state index in [0.717, 1.165) is 24.4 Å². The minimum Gasteiger partial charge on any atom is -0.478 e. The first-order valence-corrected chi connectivity index (χ1v) is 5.97. The molecule has 1 aromatic carbocycles. The molecule has 0 fully saturated rings. The molecule has 17 heavy (non-hydrogen) atoms. The second-order valence-electron chi connectivity index (χ2n) is 3.87. The number of aromatic nitrogens is 1. The summed E-state index contributed by atoms with van der Waals surface area (Å²) in [6, 6.07) is 12.1. The van der Waals surface area contributed by atoms with E-state index in [1.165, 1.54) is 0 Å². The van der Waals surface area contributed by atoms with Crippen LogP contribution in [0.25, 0.3) is 5.69 Å². The summed E-state index contributed by atoms with van der Waals surface area (Å²) in [6.07, 6.45) is 5.17. The second-order valence-corrected chi connectivity index (χ2v) is 3.87. The van der Waals surface area contributed by atoms with E-state index in [-0.39, 0.29) is 0 Å². The Balaban J connectivity index is 1.90. The molecule has 2 rings (SSSR count). The van der Waals surface area contributed by atoms with Crippen LogP contribution in [-0.2, 0) is 0 Å². The summed E-state index contributed by atoms with van der Waals surface area (Å²) < 4.78 is 7.63. The molecule has 2 aromatic rings. The van der Waals surface area contributed by atoms with Crippen molar-refractivity contribution in [3.63, 3.8) is 0 Å². The predicted molar refractivity (Wildman–Crippen MR) is 69.6 cm³/mol. The Morgan fingerprint density at radius 3 is 2.47 bits per heavy atom. The molecule has 0 aliphatic rings. The number of nitrogens with zero attached hydrogens (tertiary/aromatic N) is 1. The number of rotatable bonds is 6. The van der Waals surface area contributed by atoms with Gasteiger partial charge in [-0.3, -0.25) is 5.32 Å². The smallest absolute Gasteiger partial charge is 0.139 e. The summed E-state index contributed by atoms with van der Waals surface area (Å²) in [7, 11) is 0. The standard InChI is InChI=1S/C14H18N2O/c1-2-9-15-12-17-14-7-5-13(6-8-14)16-10-3-4-11-16/h3-8,10-11,15H,2,9,12H2,1H3. The fourth-order valence-electron chi connectivity index (χ4n) is 1.60. The molecule has 0 amide bonds. The number of ether oxygens (including phenoxy) is 1. The molecule has 1 aromatic heterocycles. The molecule has 3 nitrogen and oxygen atoms in total. The van der Waals surface area contributed by atoms with E-state index in [1.54, 1.807) is 0 Å². The van der Waals surface area contributed by atoms with Crippen molar-refractivity contribution in [3.8, 4) is 11.4 Å². The van der Waals surface area contributed by atoms with E-state index < -0.39 is 0 Å². The average Bonchev–Trinajstić information content (AvgIpc) is 2.89. The monoisotopic (exact) mass is 230 g/mol. The van der Waals surface area contributed by atoms with Crippen LogP contribution < -0.4 is 10.1 Å². The van der Waals surface area contributed by atoms with Crippen molar-refractivity contribution in [2.24, 2.45) is 0 Å². The molecule has 1 heterocycles. The quantitative estimate of drug-likeness (QED) is 0.610. The minimum absolute atomic E-state index is 0.566. The fourth-order valence-corrected chi connectivity index (χ4v) is 1.60. The van der Waals surface area contributed by atoms with Gasteiger partial charge in [0.15, 0.2) is 0 Å². The van der Waals surface area contributed by atoms with Crippen LogP contribution in [0.2, 0.25) is 0 Å². The van der Waals surface area contributed by atoms with Crippen LogP contribution >= 0.6 is 0 Å². The Hall–Kier alpha value is -1.74. The molecule has 0 bridgehead atoms. The zero-order valence-corrected chi connectivity index (χ0v) is 10.1. The van der Waals surface area contributed by atoms with Crippen molar-refractivity contribution in [1.82, 2.24) is 9.88 Å². The molecule has 0 saturated heterocycles. The summed E-state index contributed by atoms with van der Waals surface area (Å²) >= 11 is 0. The first kappa shape index (κ1) is 11.7. The Morgan fingerprint density at radius 1 is 1.12 bits per heavy atom. The summed E-state index contributed by atoms with van der Waals surface area (Å²) in [4.78, 5) is 0. The van der Waals surface area contributed by atoms with Gasteiger partial charge in [0.2, 0.25) is 0 Å². The molecule has 0 saturated carbocycles. The Bertz CT molecular complexity index is 420. The number of hydrogen-bond acceptors (Lipinski definition) is 2. The molecule has 0 unspecified atom stereocenters. The first-order chi connectivity index (χ1) is 8.40. The van der Waals surface area contributed by atoms with Gasteiger partial charge in [0, 0.05) is 18.1 Å². The van der Waals surface area contributed by atoms with Crippen LogP contribution in [0.5, 0.6) is 5.75 Å². The number of benzene rings is 1. The van der Waals surface area contributed by atoms with Crippen LogP contribution in [0.4, 0.5) is 0 Å². The maximum absolute atomic E-state index is 5.56. The molecule has 90 valence electrons. The second kappa shape index (κ2) is 6.11. The van der Waals surface area contributed by atoms with E-state index in [0.29, 0.717) is 6.73 Å². The molecule has 0 aliphatic heterocycles. The third-order valence-electron chi connectivity index (χ3n) is 2.51. The van der Waals surface area contributed by atoms with Crippen LogP contribution in [0.15, 0.2) is 48.8 Å². The van der Waals surface area contributed by atoms with Crippen molar-refractivity contribution in [2.75, 3.05) is 13.3 Å². The number of hydrogen-bond donors (Lipinski definition) is 1.